The van der Waals surface area contributed by atoms with Crippen molar-refractivity contribution < 1.29 is 9.53 Å². The second-order valence-electron chi connectivity index (χ2n) is 4.76. The quantitative estimate of drug-likeness (QED) is 0.798. The molecule has 1 unspecified atom stereocenters. The number of carbonyl (C=O) groups is 1. The molecule has 0 N–H and O–H groups in total. The Hall–Kier alpha value is -1.65. The summed E-state index contributed by atoms with van der Waals surface area (Å²) < 4.78 is 5.25. The highest BCUT2D eigenvalue weighted by Crippen LogP contribution is 2.26. The first kappa shape index (κ1) is 13.3. The van der Waals surface area contributed by atoms with Crippen LogP contribution in [0.25, 0.3) is 10.9 Å². The summed E-state index contributed by atoms with van der Waals surface area (Å²) in [7, 11) is 0. The zero-order valence-electron chi connectivity index (χ0n) is 11.0. The van der Waals surface area contributed by atoms with Crippen molar-refractivity contribution in [1.29, 1.82) is 0 Å². The zero-order chi connectivity index (χ0) is 13.9. The van der Waals surface area contributed by atoms with Gasteiger partial charge >= 0.3 is 0 Å². The molecule has 0 spiro atoms. The summed E-state index contributed by atoms with van der Waals surface area (Å²) in [5, 5.41) is 0.336. The van der Waals surface area contributed by atoms with Gasteiger partial charge in [0.15, 0.2) is 0 Å². The number of carbonyl (C=O) groups excluding carboxylic acids is 1. The molecule has 0 bridgehead atoms. The number of benzene rings is 1. The molecule has 1 aliphatic heterocycles. The summed E-state index contributed by atoms with van der Waals surface area (Å²) >= 11 is 6.34. The van der Waals surface area contributed by atoms with Gasteiger partial charge in [0.05, 0.1) is 18.7 Å². The second kappa shape index (κ2) is 5.77. The van der Waals surface area contributed by atoms with Crippen LogP contribution >= 0.6 is 11.6 Å². The minimum Gasteiger partial charge on any atom is -0.378 e. The lowest BCUT2D eigenvalue weighted by Crippen LogP contribution is -2.42. The molecule has 3 rings (SSSR count). The molecule has 1 aromatic carbocycles. The van der Waals surface area contributed by atoms with Gasteiger partial charge in [-0.1, -0.05) is 12.1 Å². The number of ether oxygens (including phenoxy) is 1. The monoisotopic (exact) mass is 290 g/mol. The lowest BCUT2D eigenvalue weighted by atomic mass is 10.1. The molecule has 104 valence electrons. The van der Waals surface area contributed by atoms with Crippen LogP contribution in [0.5, 0.6) is 0 Å². The van der Waals surface area contributed by atoms with Gasteiger partial charge in [-0.3, -0.25) is 9.78 Å². The van der Waals surface area contributed by atoms with Crippen molar-refractivity contribution in [2.24, 2.45) is 0 Å². The van der Waals surface area contributed by atoms with Gasteiger partial charge in [-0.25, -0.2) is 0 Å². The summed E-state index contributed by atoms with van der Waals surface area (Å²) in [4.78, 5) is 18.4. The third-order valence-corrected chi connectivity index (χ3v) is 3.90. The minimum atomic E-state index is -0.655. The van der Waals surface area contributed by atoms with Crippen molar-refractivity contribution >= 4 is 28.4 Å². The molecule has 2 aromatic rings. The highest BCUT2D eigenvalue weighted by Gasteiger charge is 2.25. The van der Waals surface area contributed by atoms with Crippen LogP contribution in [0.4, 0.5) is 0 Å². The number of halogens is 1. The molecule has 1 aromatic heterocycles. The standard InChI is InChI=1S/C15H15ClN2O2/c16-14(15(19)18-6-8-20-9-7-18)12-3-4-13-11(10-12)2-1-5-17-13/h1-5,10,14H,6-9H2. The van der Waals surface area contributed by atoms with Crippen molar-refractivity contribution in [3.63, 3.8) is 0 Å². The Kier molecular flexibility index (Phi) is 3.85. The third-order valence-electron chi connectivity index (χ3n) is 3.46. The molecule has 1 aliphatic rings. The van der Waals surface area contributed by atoms with Crippen LogP contribution in [-0.2, 0) is 9.53 Å². The third kappa shape index (κ3) is 2.62. The Labute approximate surface area is 122 Å². The van der Waals surface area contributed by atoms with E-state index in [1.165, 1.54) is 0 Å². The van der Waals surface area contributed by atoms with Crippen LogP contribution in [0.3, 0.4) is 0 Å². The maximum Gasteiger partial charge on any atom is 0.245 e. The van der Waals surface area contributed by atoms with Gasteiger partial charge in [-0.05, 0) is 23.8 Å². The number of pyridine rings is 1. The van der Waals surface area contributed by atoms with Gasteiger partial charge in [0.1, 0.15) is 5.38 Å². The van der Waals surface area contributed by atoms with Crippen LogP contribution in [0, 0.1) is 0 Å². The number of hydrogen-bond acceptors (Lipinski definition) is 3. The van der Waals surface area contributed by atoms with Crippen molar-refractivity contribution in [3.05, 3.63) is 42.1 Å². The predicted octanol–water partition coefficient (Wildman–Crippen LogP) is 2.37. The number of alkyl halides is 1. The first-order valence-electron chi connectivity index (χ1n) is 6.61. The molecule has 4 nitrogen and oxygen atoms in total. The van der Waals surface area contributed by atoms with E-state index in [1.54, 1.807) is 11.1 Å². The fraction of sp³-hybridized carbons (Fsp3) is 0.333. The largest absolute Gasteiger partial charge is 0.378 e. The summed E-state index contributed by atoms with van der Waals surface area (Å²) in [6, 6.07) is 9.53. The molecular formula is C15H15ClN2O2. The number of fused-ring (bicyclic) bond motifs is 1. The Bertz CT molecular complexity index is 626. The van der Waals surface area contributed by atoms with E-state index < -0.39 is 5.38 Å². The predicted molar refractivity (Wildman–Crippen MR) is 77.7 cm³/mol. The van der Waals surface area contributed by atoms with Crippen molar-refractivity contribution in [3.8, 4) is 0 Å². The highest BCUT2D eigenvalue weighted by atomic mass is 35.5. The van der Waals surface area contributed by atoms with E-state index in [9.17, 15) is 4.79 Å². The molecule has 0 saturated carbocycles. The zero-order valence-corrected chi connectivity index (χ0v) is 11.7. The summed E-state index contributed by atoms with van der Waals surface area (Å²) in [6.45, 7) is 2.38. The maximum atomic E-state index is 12.4. The molecule has 1 atom stereocenters. The van der Waals surface area contributed by atoms with Gasteiger partial charge in [0.2, 0.25) is 5.91 Å². The van der Waals surface area contributed by atoms with Crippen LogP contribution < -0.4 is 0 Å². The average Bonchev–Trinajstić information content (AvgIpc) is 2.54. The summed E-state index contributed by atoms with van der Waals surface area (Å²) in [5.41, 5.74) is 1.71. The highest BCUT2D eigenvalue weighted by molar-refractivity contribution is 6.30. The lowest BCUT2D eigenvalue weighted by molar-refractivity contribution is -0.134. The fourth-order valence-corrected chi connectivity index (χ4v) is 2.61. The van der Waals surface area contributed by atoms with Gasteiger partial charge in [0.25, 0.3) is 0 Å². The van der Waals surface area contributed by atoms with E-state index in [0.717, 1.165) is 16.5 Å². The first-order chi connectivity index (χ1) is 9.75. The first-order valence-corrected chi connectivity index (χ1v) is 7.04. The Balaban J connectivity index is 1.83. The molecule has 2 heterocycles. The van der Waals surface area contributed by atoms with Gasteiger partial charge < -0.3 is 9.64 Å². The lowest BCUT2D eigenvalue weighted by Gasteiger charge is -2.28. The molecule has 0 aliphatic carbocycles. The number of aromatic nitrogens is 1. The van der Waals surface area contributed by atoms with Crippen molar-refractivity contribution in [1.82, 2.24) is 9.88 Å². The average molecular weight is 291 g/mol. The van der Waals surface area contributed by atoms with Gasteiger partial charge in [0, 0.05) is 24.7 Å². The van der Waals surface area contributed by atoms with Crippen LogP contribution in [0.15, 0.2) is 36.5 Å². The molecule has 20 heavy (non-hydrogen) atoms. The Morgan fingerprint density at radius 3 is 2.90 bits per heavy atom. The summed E-state index contributed by atoms with van der Waals surface area (Å²) in [5.74, 6) is -0.0572. The van der Waals surface area contributed by atoms with Gasteiger partial charge in [-0.2, -0.15) is 0 Å². The van der Waals surface area contributed by atoms with Gasteiger partial charge in [-0.15, -0.1) is 11.6 Å². The molecule has 0 radical (unpaired) electrons. The Morgan fingerprint density at radius 1 is 1.30 bits per heavy atom. The van der Waals surface area contributed by atoms with E-state index in [-0.39, 0.29) is 5.91 Å². The van der Waals surface area contributed by atoms with Crippen molar-refractivity contribution in [2.45, 2.75) is 5.38 Å². The number of amides is 1. The smallest absolute Gasteiger partial charge is 0.245 e. The molecule has 1 fully saturated rings. The van der Waals surface area contributed by atoms with Crippen LogP contribution in [-0.4, -0.2) is 42.1 Å². The second-order valence-corrected chi connectivity index (χ2v) is 5.19. The van der Waals surface area contributed by atoms with E-state index in [0.29, 0.717) is 26.3 Å². The molecular weight excluding hydrogens is 276 g/mol. The van der Waals surface area contributed by atoms with E-state index >= 15 is 0 Å². The number of hydrogen-bond donors (Lipinski definition) is 0. The molecule has 5 heteroatoms. The van der Waals surface area contributed by atoms with E-state index in [2.05, 4.69) is 4.98 Å². The summed E-state index contributed by atoms with van der Waals surface area (Å²) in [6.07, 6.45) is 1.75. The van der Waals surface area contributed by atoms with Crippen LogP contribution in [0.2, 0.25) is 0 Å². The van der Waals surface area contributed by atoms with Crippen molar-refractivity contribution in [2.75, 3.05) is 26.3 Å². The normalized spacial score (nSPS) is 17.1. The number of morpholine rings is 1. The molecule has 1 amide bonds. The minimum absolute atomic E-state index is 0.0572. The topological polar surface area (TPSA) is 42.4 Å². The fourth-order valence-electron chi connectivity index (χ4n) is 2.34. The van der Waals surface area contributed by atoms with E-state index in [4.69, 9.17) is 16.3 Å². The number of nitrogens with zero attached hydrogens (tertiary/aromatic N) is 2. The van der Waals surface area contributed by atoms with E-state index in [1.807, 2.05) is 30.3 Å². The Morgan fingerprint density at radius 2 is 2.10 bits per heavy atom. The van der Waals surface area contributed by atoms with Crippen LogP contribution in [0.1, 0.15) is 10.9 Å². The SMILES string of the molecule is O=C(C(Cl)c1ccc2ncccc2c1)N1CCOCC1. The maximum absolute atomic E-state index is 12.4. The molecule has 1 saturated heterocycles. The number of rotatable bonds is 2.